The molecule has 0 amide bonds. The SMILES string of the molecule is CC1CNCC(C)N1C(=N)c1ccc(C2CC(CN3CCC(OCC(=O)O)CC3)ON2)cc1. The predicted octanol–water partition coefficient (Wildman–Crippen LogP) is 1.59. The molecule has 182 valence electrons. The summed E-state index contributed by atoms with van der Waals surface area (Å²) in [7, 11) is 0. The van der Waals surface area contributed by atoms with Crippen LogP contribution in [0.25, 0.3) is 0 Å². The van der Waals surface area contributed by atoms with Gasteiger partial charge in [0.2, 0.25) is 0 Å². The van der Waals surface area contributed by atoms with Gasteiger partial charge in [0.05, 0.1) is 18.2 Å². The van der Waals surface area contributed by atoms with Gasteiger partial charge in [0.1, 0.15) is 12.4 Å². The molecule has 33 heavy (non-hydrogen) atoms. The molecule has 9 nitrogen and oxygen atoms in total. The van der Waals surface area contributed by atoms with Crippen LogP contribution in [-0.4, -0.2) is 90.3 Å². The van der Waals surface area contributed by atoms with Gasteiger partial charge >= 0.3 is 5.97 Å². The van der Waals surface area contributed by atoms with Gasteiger partial charge in [0, 0.05) is 50.4 Å². The van der Waals surface area contributed by atoms with Gasteiger partial charge in [-0.1, -0.05) is 24.3 Å². The van der Waals surface area contributed by atoms with Crippen molar-refractivity contribution >= 4 is 11.8 Å². The van der Waals surface area contributed by atoms with Crippen LogP contribution in [0.1, 0.15) is 50.3 Å². The Balaban J connectivity index is 1.25. The summed E-state index contributed by atoms with van der Waals surface area (Å²) in [6.45, 7) is 8.58. The zero-order valence-corrected chi connectivity index (χ0v) is 19.6. The molecule has 0 aliphatic carbocycles. The summed E-state index contributed by atoms with van der Waals surface area (Å²) in [6, 6.07) is 9.07. The molecule has 4 rings (SSSR count). The summed E-state index contributed by atoms with van der Waals surface area (Å²) < 4.78 is 5.42. The highest BCUT2D eigenvalue weighted by molar-refractivity contribution is 5.96. The number of amidine groups is 1. The van der Waals surface area contributed by atoms with E-state index in [2.05, 4.69) is 58.7 Å². The van der Waals surface area contributed by atoms with Crippen LogP contribution >= 0.6 is 0 Å². The molecule has 9 heteroatoms. The molecule has 3 heterocycles. The fourth-order valence-corrected chi connectivity index (χ4v) is 5.18. The van der Waals surface area contributed by atoms with Crippen LogP contribution in [0.15, 0.2) is 24.3 Å². The molecule has 0 saturated carbocycles. The molecule has 3 aliphatic heterocycles. The fraction of sp³-hybridized carbons (Fsp3) is 0.667. The Kier molecular flexibility index (Phi) is 7.98. The number of likely N-dealkylation sites (tertiary alicyclic amines) is 1. The Morgan fingerprint density at radius 2 is 1.85 bits per heavy atom. The number of hydrogen-bond donors (Lipinski definition) is 4. The molecule has 0 bridgehead atoms. The number of carboxylic acids is 1. The molecule has 0 radical (unpaired) electrons. The minimum Gasteiger partial charge on any atom is -0.480 e. The van der Waals surface area contributed by atoms with Crippen molar-refractivity contribution in [2.75, 3.05) is 39.3 Å². The van der Waals surface area contributed by atoms with Crippen molar-refractivity contribution in [3.05, 3.63) is 35.4 Å². The first-order valence-electron chi connectivity index (χ1n) is 12.1. The zero-order chi connectivity index (χ0) is 23.4. The van der Waals surface area contributed by atoms with Gasteiger partial charge in [-0.3, -0.25) is 10.2 Å². The maximum atomic E-state index is 10.7. The van der Waals surface area contributed by atoms with E-state index in [0.29, 0.717) is 17.9 Å². The molecular weight excluding hydrogens is 422 g/mol. The van der Waals surface area contributed by atoms with E-state index in [4.69, 9.17) is 20.1 Å². The number of hydrogen-bond acceptors (Lipinski definition) is 7. The smallest absolute Gasteiger partial charge is 0.329 e. The lowest BCUT2D eigenvalue weighted by molar-refractivity contribution is -0.145. The van der Waals surface area contributed by atoms with E-state index in [9.17, 15) is 4.79 Å². The lowest BCUT2D eigenvalue weighted by Gasteiger charge is -2.41. The Morgan fingerprint density at radius 3 is 2.48 bits per heavy atom. The van der Waals surface area contributed by atoms with Gasteiger partial charge in [-0.05, 0) is 38.7 Å². The summed E-state index contributed by atoms with van der Waals surface area (Å²) in [5.74, 6) is -0.320. The molecule has 3 saturated heterocycles. The van der Waals surface area contributed by atoms with Crippen molar-refractivity contribution in [1.29, 1.82) is 5.41 Å². The van der Waals surface area contributed by atoms with Crippen LogP contribution < -0.4 is 10.8 Å². The monoisotopic (exact) mass is 459 g/mol. The minimum absolute atomic E-state index is 0.0390. The van der Waals surface area contributed by atoms with E-state index in [1.807, 2.05) is 0 Å². The van der Waals surface area contributed by atoms with E-state index in [0.717, 1.165) is 57.5 Å². The third-order valence-electron chi connectivity index (χ3n) is 6.99. The van der Waals surface area contributed by atoms with Crippen molar-refractivity contribution in [3.8, 4) is 0 Å². The molecule has 4 N–H and O–H groups in total. The van der Waals surface area contributed by atoms with Crippen LogP contribution in [0.5, 0.6) is 0 Å². The second-order valence-corrected chi connectivity index (χ2v) is 9.58. The van der Waals surface area contributed by atoms with Gasteiger partial charge in [-0.15, -0.1) is 0 Å². The minimum atomic E-state index is -0.910. The van der Waals surface area contributed by atoms with Crippen LogP contribution in [0, 0.1) is 5.41 Å². The second kappa shape index (κ2) is 10.9. The van der Waals surface area contributed by atoms with Gasteiger partial charge in [-0.2, -0.15) is 5.48 Å². The van der Waals surface area contributed by atoms with Crippen LogP contribution in [0.3, 0.4) is 0 Å². The first kappa shape index (κ1) is 24.1. The molecule has 1 aromatic rings. The number of aliphatic carboxylic acids is 1. The summed E-state index contributed by atoms with van der Waals surface area (Å²) in [4.78, 5) is 21.1. The zero-order valence-electron chi connectivity index (χ0n) is 19.6. The highest BCUT2D eigenvalue weighted by Gasteiger charge is 2.31. The van der Waals surface area contributed by atoms with Crippen molar-refractivity contribution < 1.29 is 19.5 Å². The third kappa shape index (κ3) is 6.10. The van der Waals surface area contributed by atoms with E-state index in [1.165, 1.54) is 5.56 Å². The molecule has 4 atom stereocenters. The number of carboxylic acid groups (broad SMARTS) is 1. The number of carbonyl (C=O) groups is 1. The lowest BCUT2D eigenvalue weighted by Crippen LogP contribution is -2.57. The number of hydroxylamine groups is 1. The normalized spacial score (nSPS) is 29.3. The topological polar surface area (TPSA) is 110 Å². The Labute approximate surface area is 195 Å². The standard InChI is InChI=1S/C24H37N5O4/c1-16-12-26-13-17(2)29(16)24(25)19-5-3-18(4-6-19)22-11-21(33-27-22)14-28-9-7-20(8-10-28)32-15-23(30)31/h3-6,16-17,20-22,25-27H,7-15H2,1-2H3,(H,30,31). The molecule has 0 spiro atoms. The van der Waals surface area contributed by atoms with Crippen LogP contribution in [-0.2, 0) is 14.4 Å². The molecule has 3 aliphatic rings. The van der Waals surface area contributed by atoms with E-state index in [-0.39, 0.29) is 24.9 Å². The fourth-order valence-electron chi connectivity index (χ4n) is 5.18. The predicted molar refractivity (Wildman–Crippen MR) is 125 cm³/mol. The van der Waals surface area contributed by atoms with E-state index < -0.39 is 5.97 Å². The number of piperazine rings is 1. The lowest BCUT2D eigenvalue weighted by atomic mass is 9.99. The maximum absolute atomic E-state index is 10.7. The summed E-state index contributed by atoms with van der Waals surface area (Å²) in [5, 5.41) is 20.9. The van der Waals surface area contributed by atoms with Crippen molar-refractivity contribution in [1.82, 2.24) is 20.6 Å². The number of rotatable bonds is 7. The highest BCUT2D eigenvalue weighted by Crippen LogP contribution is 2.27. The van der Waals surface area contributed by atoms with Gasteiger partial charge < -0.3 is 25.0 Å². The molecule has 0 aromatic heterocycles. The first-order valence-corrected chi connectivity index (χ1v) is 12.1. The summed E-state index contributed by atoms with van der Waals surface area (Å²) in [6.07, 6.45) is 2.77. The maximum Gasteiger partial charge on any atom is 0.329 e. The Hall–Kier alpha value is -2.04. The quantitative estimate of drug-likeness (QED) is 0.360. The van der Waals surface area contributed by atoms with Crippen molar-refractivity contribution in [3.63, 3.8) is 0 Å². The molecule has 4 unspecified atom stereocenters. The number of piperidine rings is 1. The number of nitrogens with one attached hydrogen (secondary N) is 3. The Bertz CT molecular complexity index is 802. The van der Waals surface area contributed by atoms with Crippen LogP contribution in [0.2, 0.25) is 0 Å². The second-order valence-electron chi connectivity index (χ2n) is 9.58. The van der Waals surface area contributed by atoms with Crippen molar-refractivity contribution in [2.24, 2.45) is 0 Å². The molecule has 3 fully saturated rings. The van der Waals surface area contributed by atoms with Gasteiger partial charge in [0.15, 0.2) is 0 Å². The highest BCUT2D eigenvalue weighted by atomic mass is 16.7. The third-order valence-corrected chi connectivity index (χ3v) is 6.99. The average Bonchev–Trinajstić information content (AvgIpc) is 3.27. The van der Waals surface area contributed by atoms with Gasteiger partial charge in [-0.25, -0.2) is 4.79 Å². The number of nitrogens with zero attached hydrogens (tertiary/aromatic N) is 2. The molecule has 1 aromatic carbocycles. The summed E-state index contributed by atoms with van der Waals surface area (Å²) in [5.41, 5.74) is 5.32. The number of benzene rings is 1. The largest absolute Gasteiger partial charge is 0.480 e. The first-order chi connectivity index (χ1) is 15.9. The number of ether oxygens (including phenoxy) is 1. The average molecular weight is 460 g/mol. The van der Waals surface area contributed by atoms with Crippen LogP contribution in [0.4, 0.5) is 0 Å². The van der Waals surface area contributed by atoms with Gasteiger partial charge in [0.25, 0.3) is 0 Å². The van der Waals surface area contributed by atoms with Crippen molar-refractivity contribution in [2.45, 2.75) is 63.4 Å². The van der Waals surface area contributed by atoms with E-state index >= 15 is 0 Å². The van der Waals surface area contributed by atoms with E-state index in [1.54, 1.807) is 0 Å². The molecular formula is C24H37N5O4. The summed E-state index contributed by atoms with van der Waals surface area (Å²) >= 11 is 0. The Morgan fingerprint density at radius 1 is 1.18 bits per heavy atom.